The number of aliphatic hydroxyl groups is 6. The topological polar surface area (TPSA) is 152 Å². The molecule has 8 heteroatoms. The number of aliphatic hydroxyl groups excluding tert-OH is 6. The highest BCUT2D eigenvalue weighted by Gasteiger charge is 2.37. The van der Waals surface area contributed by atoms with Crippen LogP contribution in [0.3, 0.4) is 0 Å². The Labute approximate surface area is 108 Å². The van der Waals surface area contributed by atoms with E-state index in [-0.39, 0.29) is 5.76 Å². The molecule has 0 fully saturated rings. The van der Waals surface area contributed by atoms with Crippen molar-refractivity contribution in [2.45, 2.75) is 30.5 Å². The van der Waals surface area contributed by atoms with Crippen LogP contribution in [-0.2, 0) is 0 Å². The summed E-state index contributed by atoms with van der Waals surface area (Å²) in [6, 6.07) is 2.65. The molecule has 0 bridgehead atoms. The van der Waals surface area contributed by atoms with Gasteiger partial charge in [0.05, 0.1) is 12.9 Å². The quantitative estimate of drug-likeness (QED) is 0.293. The second-order valence-corrected chi connectivity index (χ2v) is 4.01. The fraction of sp³-hybridized carbons (Fsp3) is 0.545. The minimum absolute atomic E-state index is 0.226. The van der Waals surface area contributed by atoms with Crippen molar-refractivity contribution in [3.63, 3.8) is 0 Å². The first-order valence-electron chi connectivity index (χ1n) is 5.49. The zero-order valence-electron chi connectivity index (χ0n) is 9.83. The van der Waals surface area contributed by atoms with Gasteiger partial charge >= 0.3 is 0 Å². The van der Waals surface area contributed by atoms with Crippen LogP contribution in [0.1, 0.15) is 10.6 Å². The molecular weight excluding hydrogens is 260 g/mol. The van der Waals surface area contributed by atoms with Crippen LogP contribution in [0.2, 0.25) is 0 Å². The molecule has 1 aromatic rings. The van der Waals surface area contributed by atoms with Crippen molar-refractivity contribution < 1.29 is 39.9 Å². The van der Waals surface area contributed by atoms with Gasteiger partial charge in [0.15, 0.2) is 5.76 Å². The summed E-state index contributed by atoms with van der Waals surface area (Å²) >= 11 is 0. The van der Waals surface area contributed by atoms with Crippen molar-refractivity contribution in [3.05, 3.63) is 24.2 Å². The van der Waals surface area contributed by atoms with Gasteiger partial charge in [0.1, 0.15) is 30.5 Å². The zero-order chi connectivity index (χ0) is 14.6. The highest BCUT2D eigenvalue weighted by atomic mass is 16.4. The molecule has 8 nitrogen and oxygen atoms in total. The number of carbonyl (C=O) groups is 1. The van der Waals surface area contributed by atoms with Crippen molar-refractivity contribution in [2.24, 2.45) is 0 Å². The maximum absolute atomic E-state index is 11.6. The van der Waals surface area contributed by atoms with E-state index in [1.54, 1.807) is 0 Å². The van der Waals surface area contributed by atoms with Crippen molar-refractivity contribution in [1.82, 2.24) is 0 Å². The largest absolute Gasteiger partial charge is 0.461 e. The molecule has 0 spiro atoms. The van der Waals surface area contributed by atoms with E-state index in [9.17, 15) is 25.2 Å². The first-order valence-corrected chi connectivity index (χ1v) is 5.49. The maximum Gasteiger partial charge on any atom is 0.229 e. The van der Waals surface area contributed by atoms with Gasteiger partial charge < -0.3 is 35.1 Å². The first-order chi connectivity index (χ1) is 8.90. The van der Waals surface area contributed by atoms with Crippen LogP contribution in [0.4, 0.5) is 0 Å². The Hall–Kier alpha value is -1.29. The summed E-state index contributed by atoms with van der Waals surface area (Å²) in [6.07, 6.45) is -8.55. The first kappa shape index (κ1) is 15.8. The molecule has 0 aliphatic carbocycles. The second-order valence-electron chi connectivity index (χ2n) is 4.01. The summed E-state index contributed by atoms with van der Waals surface area (Å²) in [4.78, 5) is 11.6. The summed E-state index contributed by atoms with van der Waals surface area (Å²) in [5, 5.41) is 55.6. The molecule has 6 N–H and O–H groups in total. The third-order valence-electron chi connectivity index (χ3n) is 2.64. The third-order valence-corrected chi connectivity index (χ3v) is 2.64. The van der Waals surface area contributed by atoms with E-state index in [1.807, 2.05) is 0 Å². The summed E-state index contributed by atoms with van der Waals surface area (Å²) in [5.74, 6) is -1.21. The highest BCUT2D eigenvalue weighted by Crippen LogP contribution is 2.13. The van der Waals surface area contributed by atoms with Crippen LogP contribution in [0.25, 0.3) is 0 Å². The number of furan rings is 1. The van der Waals surface area contributed by atoms with Crippen LogP contribution in [0, 0.1) is 0 Å². The van der Waals surface area contributed by atoms with Crippen LogP contribution < -0.4 is 0 Å². The predicted octanol–water partition coefficient (Wildman–Crippen LogP) is -2.74. The molecule has 0 aliphatic rings. The van der Waals surface area contributed by atoms with Crippen molar-refractivity contribution in [2.75, 3.05) is 6.61 Å². The number of rotatable bonds is 7. The van der Waals surface area contributed by atoms with Crippen LogP contribution in [0.5, 0.6) is 0 Å². The van der Waals surface area contributed by atoms with Crippen LogP contribution in [0.15, 0.2) is 22.8 Å². The normalized spacial score (nSPS) is 19.5. The summed E-state index contributed by atoms with van der Waals surface area (Å²) < 4.78 is 4.72. The molecule has 1 aromatic heterocycles. The van der Waals surface area contributed by atoms with Gasteiger partial charge in [0.25, 0.3) is 0 Å². The number of Topliss-reactive ketones (excluding diaryl/α,β-unsaturated/α-hetero) is 1. The average Bonchev–Trinajstić information content (AvgIpc) is 2.96. The predicted molar refractivity (Wildman–Crippen MR) is 60.2 cm³/mol. The highest BCUT2D eigenvalue weighted by molar-refractivity contribution is 5.97. The lowest BCUT2D eigenvalue weighted by atomic mass is 9.96. The summed E-state index contributed by atoms with van der Waals surface area (Å²) in [7, 11) is 0. The van der Waals surface area contributed by atoms with Crippen molar-refractivity contribution in [1.29, 1.82) is 0 Å². The molecule has 5 atom stereocenters. The Bertz CT molecular complexity index is 389. The minimum atomic E-state index is -2.05. The van der Waals surface area contributed by atoms with Gasteiger partial charge in [-0.3, -0.25) is 4.79 Å². The van der Waals surface area contributed by atoms with E-state index in [0.29, 0.717) is 0 Å². The van der Waals surface area contributed by atoms with Crippen molar-refractivity contribution >= 4 is 5.78 Å². The lowest BCUT2D eigenvalue weighted by Crippen LogP contribution is -2.51. The van der Waals surface area contributed by atoms with E-state index >= 15 is 0 Å². The molecule has 0 radical (unpaired) electrons. The molecule has 108 valence electrons. The fourth-order valence-electron chi connectivity index (χ4n) is 1.44. The van der Waals surface area contributed by atoms with Gasteiger partial charge in [0.2, 0.25) is 5.78 Å². The van der Waals surface area contributed by atoms with E-state index in [0.717, 1.165) is 0 Å². The minimum Gasteiger partial charge on any atom is -0.461 e. The number of carbonyl (C=O) groups excluding carboxylic acids is 1. The van der Waals surface area contributed by atoms with Gasteiger partial charge in [-0.25, -0.2) is 0 Å². The van der Waals surface area contributed by atoms with Gasteiger partial charge in [-0.05, 0) is 12.1 Å². The lowest BCUT2D eigenvalue weighted by molar-refractivity contribution is -0.133. The maximum atomic E-state index is 11.6. The number of hydrogen-bond donors (Lipinski definition) is 6. The number of ketones is 1. The van der Waals surface area contributed by atoms with Gasteiger partial charge in [-0.1, -0.05) is 0 Å². The Morgan fingerprint density at radius 2 is 1.74 bits per heavy atom. The van der Waals surface area contributed by atoms with E-state index in [1.165, 1.54) is 18.4 Å². The second kappa shape index (κ2) is 6.75. The molecule has 1 heterocycles. The average molecular weight is 276 g/mol. The fourth-order valence-corrected chi connectivity index (χ4v) is 1.44. The lowest BCUT2D eigenvalue weighted by Gasteiger charge is -2.27. The molecule has 19 heavy (non-hydrogen) atoms. The van der Waals surface area contributed by atoms with Crippen LogP contribution >= 0.6 is 0 Å². The molecule has 0 aromatic carbocycles. The Morgan fingerprint density at radius 3 is 2.21 bits per heavy atom. The van der Waals surface area contributed by atoms with Gasteiger partial charge in [0, 0.05) is 0 Å². The molecule has 0 saturated carbocycles. The Kier molecular flexibility index (Phi) is 5.60. The van der Waals surface area contributed by atoms with Gasteiger partial charge in [-0.2, -0.15) is 0 Å². The van der Waals surface area contributed by atoms with Crippen LogP contribution in [-0.4, -0.2) is 73.5 Å². The van der Waals surface area contributed by atoms with E-state index in [2.05, 4.69) is 0 Å². The van der Waals surface area contributed by atoms with E-state index in [4.69, 9.17) is 14.6 Å². The zero-order valence-corrected chi connectivity index (χ0v) is 9.83. The third kappa shape index (κ3) is 3.60. The molecule has 0 saturated heterocycles. The molecule has 0 aliphatic heterocycles. The van der Waals surface area contributed by atoms with E-state index < -0.39 is 42.9 Å². The standard InChI is InChI=1S/C11H16O8/c12-4-5(13)7(14)9(16)11(18)10(17)8(15)6-2-1-3-19-6/h1-3,5,7,9-14,16-18H,4H2. The molecular formula is C11H16O8. The Morgan fingerprint density at radius 1 is 1.11 bits per heavy atom. The summed E-state index contributed by atoms with van der Waals surface area (Å²) in [6.45, 7) is -0.854. The summed E-state index contributed by atoms with van der Waals surface area (Å²) in [5.41, 5.74) is 0. The molecule has 1 rings (SSSR count). The Balaban J connectivity index is 2.71. The van der Waals surface area contributed by atoms with Crippen molar-refractivity contribution in [3.8, 4) is 0 Å². The monoisotopic (exact) mass is 276 g/mol. The SMILES string of the molecule is O=C(c1ccco1)C(O)C(O)C(O)C(O)C(O)CO. The molecule has 0 amide bonds. The van der Waals surface area contributed by atoms with Gasteiger partial charge in [-0.15, -0.1) is 0 Å². The molecule has 5 unspecified atom stereocenters. The smallest absolute Gasteiger partial charge is 0.229 e. The number of hydrogen-bond acceptors (Lipinski definition) is 8.